The van der Waals surface area contributed by atoms with Crippen molar-refractivity contribution in [2.24, 2.45) is 0 Å². The van der Waals surface area contributed by atoms with E-state index in [9.17, 15) is 13.2 Å². The summed E-state index contributed by atoms with van der Waals surface area (Å²) in [7, 11) is 0. The molecule has 0 aliphatic carbocycles. The fraction of sp³-hybridized carbons (Fsp3) is 0.133. The number of aryl methyl sites for hydroxylation is 1. The lowest BCUT2D eigenvalue weighted by molar-refractivity contribution is -0.144. The summed E-state index contributed by atoms with van der Waals surface area (Å²) in [5.41, 5.74) is 1.65. The number of aromatic nitrogens is 4. The van der Waals surface area contributed by atoms with E-state index >= 15 is 0 Å². The van der Waals surface area contributed by atoms with Gasteiger partial charge in [0.05, 0.1) is 5.69 Å². The van der Waals surface area contributed by atoms with Crippen LogP contribution in [0.5, 0.6) is 0 Å². The molecule has 0 radical (unpaired) electrons. The molecule has 0 aliphatic heterocycles. The third-order valence-corrected chi connectivity index (χ3v) is 3.67. The zero-order chi connectivity index (χ0) is 16.6. The molecular formula is C15H11F3N4S. The van der Waals surface area contributed by atoms with Crippen LogP contribution in [0, 0.1) is 6.92 Å². The van der Waals surface area contributed by atoms with Gasteiger partial charge in [-0.2, -0.15) is 13.2 Å². The van der Waals surface area contributed by atoms with Gasteiger partial charge in [0.15, 0.2) is 5.82 Å². The third kappa shape index (κ3) is 3.07. The first-order chi connectivity index (χ1) is 10.9. The summed E-state index contributed by atoms with van der Waals surface area (Å²) in [6, 6.07) is 9.99. The van der Waals surface area contributed by atoms with E-state index in [2.05, 4.69) is 27.7 Å². The highest BCUT2D eigenvalue weighted by Gasteiger charge is 2.37. The Morgan fingerprint density at radius 3 is 2.52 bits per heavy atom. The van der Waals surface area contributed by atoms with Crippen molar-refractivity contribution in [2.75, 3.05) is 0 Å². The molecule has 1 aromatic carbocycles. The first-order valence-electron chi connectivity index (χ1n) is 6.62. The topological polar surface area (TPSA) is 43.6 Å². The molecule has 3 aromatic rings. The van der Waals surface area contributed by atoms with E-state index in [0.29, 0.717) is 16.3 Å². The molecular weight excluding hydrogens is 325 g/mol. The Bertz CT molecular complexity index is 844. The standard InChI is InChI=1S/C15H11F3N4S/c1-9-5-6-10(8-12(9)23)22-13(11-4-2-3-7-19-11)20-14(21-22)15(16,17)18/h2-8,23H,1H3. The van der Waals surface area contributed by atoms with Crippen molar-refractivity contribution in [1.82, 2.24) is 19.7 Å². The van der Waals surface area contributed by atoms with E-state index in [0.717, 1.165) is 10.2 Å². The van der Waals surface area contributed by atoms with E-state index in [1.807, 2.05) is 6.92 Å². The second-order valence-corrected chi connectivity index (χ2v) is 5.34. The molecule has 0 unspecified atom stereocenters. The van der Waals surface area contributed by atoms with Crippen LogP contribution in [0.2, 0.25) is 0 Å². The van der Waals surface area contributed by atoms with Gasteiger partial charge in [-0.15, -0.1) is 17.7 Å². The van der Waals surface area contributed by atoms with Crippen molar-refractivity contribution in [1.29, 1.82) is 0 Å². The fourth-order valence-electron chi connectivity index (χ4n) is 2.00. The zero-order valence-corrected chi connectivity index (χ0v) is 12.8. The van der Waals surface area contributed by atoms with Crippen molar-refractivity contribution in [2.45, 2.75) is 18.0 Å². The first-order valence-corrected chi connectivity index (χ1v) is 7.06. The fourth-order valence-corrected chi connectivity index (χ4v) is 2.21. The molecule has 118 valence electrons. The van der Waals surface area contributed by atoms with Crippen LogP contribution in [-0.4, -0.2) is 19.7 Å². The summed E-state index contributed by atoms with van der Waals surface area (Å²) >= 11 is 4.30. The number of benzene rings is 1. The summed E-state index contributed by atoms with van der Waals surface area (Å²) < 4.78 is 40.1. The molecule has 0 saturated heterocycles. The molecule has 0 amide bonds. The molecule has 8 heteroatoms. The predicted molar refractivity (Wildman–Crippen MR) is 81.6 cm³/mol. The second-order valence-electron chi connectivity index (χ2n) is 4.85. The Hall–Kier alpha value is -2.35. The summed E-state index contributed by atoms with van der Waals surface area (Å²) in [6.45, 7) is 1.86. The average Bonchev–Trinajstić information content (AvgIpc) is 2.96. The van der Waals surface area contributed by atoms with Crippen molar-refractivity contribution in [3.63, 3.8) is 0 Å². The van der Waals surface area contributed by atoms with Gasteiger partial charge in [-0.3, -0.25) is 4.98 Å². The van der Waals surface area contributed by atoms with Gasteiger partial charge in [-0.25, -0.2) is 9.67 Å². The van der Waals surface area contributed by atoms with Crippen LogP contribution in [0.1, 0.15) is 11.4 Å². The number of rotatable bonds is 2. The molecule has 0 saturated carbocycles. The van der Waals surface area contributed by atoms with E-state index in [-0.39, 0.29) is 5.82 Å². The van der Waals surface area contributed by atoms with Gasteiger partial charge in [0, 0.05) is 11.1 Å². The molecule has 0 atom stereocenters. The van der Waals surface area contributed by atoms with Crippen LogP contribution in [0.15, 0.2) is 47.5 Å². The second kappa shape index (κ2) is 5.69. The van der Waals surface area contributed by atoms with Gasteiger partial charge in [0.1, 0.15) is 5.69 Å². The van der Waals surface area contributed by atoms with Crippen molar-refractivity contribution < 1.29 is 13.2 Å². The highest BCUT2D eigenvalue weighted by atomic mass is 32.1. The van der Waals surface area contributed by atoms with Gasteiger partial charge in [-0.05, 0) is 36.8 Å². The molecule has 0 fully saturated rings. The molecule has 4 nitrogen and oxygen atoms in total. The maximum atomic E-state index is 13.0. The number of nitrogens with zero attached hydrogens (tertiary/aromatic N) is 4. The Morgan fingerprint density at radius 2 is 1.91 bits per heavy atom. The summed E-state index contributed by atoms with van der Waals surface area (Å²) in [5.74, 6) is -1.19. The van der Waals surface area contributed by atoms with Gasteiger partial charge >= 0.3 is 6.18 Å². The number of hydrogen-bond acceptors (Lipinski definition) is 4. The smallest absolute Gasteiger partial charge is 0.253 e. The Balaban J connectivity index is 2.22. The van der Waals surface area contributed by atoms with Crippen molar-refractivity contribution in [3.8, 4) is 17.2 Å². The van der Waals surface area contributed by atoms with E-state index in [1.54, 1.807) is 36.4 Å². The Labute approximate surface area is 135 Å². The molecule has 0 bridgehead atoms. The largest absolute Gasteiger partial charge is 0.453 e. The van der Waals surface area contributed by atoms with Gasteiger partial charge in [0.25, 0.3) is 5.82 Å². The summed E-state index contributed by atoms with van der Waals surface area (Å²) in [5, 5.41) is 3.61. The van der Waals surface area contributed by atoms with Crippen LogP contribution in [0.4, 0.5) is 13.2 Å². The first kappa shape index (κ1) is 15.5. The zero-order valence-electron chi connectivity index (χ0n) is 11.9. The number of alkyl halides is 3. The quantitative estimate of drug-likeness (QED) is 0.721. The lowest BCUT2D eigenvalue weighted by Crippen LogP contribution is -2.08. The number of thiol groups is 1. The van der Waals surface area contributed by atoms with Gasteiger partial charge in [0.2, 0.25) is 0 Å². The van der Waals surface area contributed by atoms with Crippen molar-refractivity contribution in [3.05, 3.63) is 54.0 Å². The van der Waals surface area contributed by atoms with Crippen molar-refractivity contribution >= 4 is 12.6 Å². The van der Waals surface area contributed by atoms with E-state index in [4.69, 9.17) is 0 Å². The predicted octanol–water partition coefficient (Wildman–Crippen LogP) is 3.95. The third-order valence-electron chi connectivity index (χ3n) is 3.19. The highest BCUT2D eigenvalue weighted by Crippen LogP contribution is 2.30. The molecule has 2 heterocycles. The maximum absolute atomic E-state index is 13.0. The molecule has 2 aromatic heterocycles. The highest BCUT2D eigenvalue weighted by molar-refractivity contribution is 7.80. The minimum absolute atomic E-state index is 0.0227. The van der Waals surface area contributed by atoms with E-state index in [1.165, 1.54) is 6.20 Å². The number of hydrogen-bond donors (Lipinski definition) is 1. The average molecular weight is 336 g/mol. The summed E-state index contributed by atoms with van der Waals surface area (Å²) in [4.78, 5) is 8.33. The maximum Gasteiger partial charge on any atom is 0.453 e. The Morgan fingerprint density at radius 1 is 1.13 bits per heavy atom. The lowest BCUT2D eigenvalue weighted by atomic mass is 10.2. The van der Waals surface area contributed by atoms with Crippen LogP contribution in [0.3, 0.4) is 0 Å². The van der Waals surface area contributed by atoms with E-state index < -0.39 is 12.0 Å². The summed E-state index contributed by atoms with van der Waals surface area (Å²) in [6.07, 6.45) is -3.15. The number of halogens is 3. The van der Waals surface area contributed by atoms with Gasteiger partial charge < -0.3 is 0 Å². The molecule has 0 aliphatic rings. The van der Waals surface area contributed by atoms with Crippen LogP contribution < -0.4 is 0 Å². The SMILES string of the molecule is Cc1ccc(-n2nc(C(F)(F)F)nc2-c2ccccn2)cc1S. The molecule has 0 spiro atoms. The normalized spacial score (nSPS) is 11.7. The van der Waals surface area contributed by atoms with Crippen LogP contribution >= 0.6 is 12.6 Å². The molecule has 23 heavy (non-hydrogen) atoms. The Kier molecular flexibility index (Phi) is 3.85. The minimum Gasteiger partial charge on any atom is -0.253 e. The lowest BCUT2D eigenvalue weighted by Gasteiger charge is -2.07. The monoisotopic (exact) mass is 336 g/mol. The van der Waals surface area contributed by atoms with Crippen LogP contribution in [-0.2, 0) is 6.18 Å². The number of pyridine rings is 1. The van der Waals surface area contributed by atoms with Crippen LogP contribution in [0.25, 0.3) is 17.2 Å². The molecule has 0 N–H and O–H groups in total. The molecule has 3 rings (SSSR count). The van der Waals surface area contributed by atoms with Gasteiger partial charge in [-0.1, -0.05) is 12.1 Å². The minimum atomic E-state index is -4.64.